The minimum Gasteiger partial charge on any atom is -0.454 e. The molecule has 0 aliphatic carbocycles. The number of benzene rings is 4. The molecule has 2 amide bonds. The van der Waals surface area contributed by atoms with Crippen LogP contribution in [0.5, 0.6) is 11.5 Å². The van der Waals surface area contributed by atoms with Crippen LogP contribution in [0.3, 0.4) is 0 Å². The number of carbonyl (C=O) groups excluding carboxylic acids is 3. The van der Waals surface area contributed by atoms with Crippen molar-refractivity contribution in [3.63, 3.8) is 0 Å². The van der Waals surface area contributed by atoms with E-state index in [1.807, 2.05) is 0 Å². The van der Waals surface area contributed by atoms with E-state index >= 15 is 4.79 Å². The van der Waals surface area contributed by atoms with Crippen molar-refractivity contribution >= 4 is 60.6 Å². The fourth-order valence-corrected chi connectivity index (χ4v) is 7.72. The molecule has 4 aromatic carbocycles. The zero-order chi connectivity index (χ0) is 42.5. The first-order valence-corrected chi connectivity index (χ1v) is 20.0. The molecule has 58 heavy (non-hydrogen) atoms. The third-order valence-electron chi connectivity index (χ3n) is 8.40. The van der Waals surface area contributed by atoms with Crippen molar-refractivity contribution in [3.8, 4) is 17.2 Å². The Morgan fingerprint density at radius 1 is 0.793 bits per heavy atom. The Kier molecular flexibility index (Phi) is 11.1. The second kappa shape index (κ2) is 15.5. The molecule has 0 radical (unpaired) electrons. The van der Waals surface area contributed by atoms with E-state index in [0.29, 0.717) is 10.5 Å². The van der Waals surface area contributed by atoms with Crippen LogP contribution in [-0.4, -0.2) is 51.3 Å². The maximum Gasteiger partial charge on any atom is 0.425 e. The van der Waals surface area contributed by atoms with E-state index in [4.69, 9.17) is 14.2 Å². The molecule has 0 bridgehead atoms. The molecule has 0 N–H and O–H groups in total. The lowest BCUT2D eigenvalue weighted by atomic mass is 10.1. The van der Waals surface area contributed by atoms with Gasteiger partial charge in [0, 0.05) is 5.39 Å². The van der Waals surface area contributed by atoms with Crippen molar-refractivity contribution in [2.75, 3.05) is 4.90 Å². The van der Waals surface area contributed by atoms with Crippen LogP contribution in [0.2, 0.25) is 0 Å². The van der Waals surface area contributed by atoms with Crippen molar-refractivity contribution in [1.82, 2.24) is 13.8 Å². The van der Waals surface area contributed by atoms with E-state index in [-0.39, 0.29) is 37.5 Å². The van der Waals surface area contributed by atoms with Gasteiger partial charge in [-0.15, -0.1) is 0 Å². The lowest BCUT2D eigenvalue weighted by Crippen LogP contribution is -2.45. The highest BCUT2D eigenvalue weighted by atomic mass is 79.9. The van der Waals surface area contributed by atoms with Crippen LogP contribution in [0.15, 0.2) is 100 Å². The summed E-state index contributed by atoms with van der Waals surface area (Å²) in [5.41, 5.74) is -1.80. The smallest absolute Gasteiger partial charge is 0.425 e. The van der Waals surface area contributed by atoms with Crippen molar-refractivity contribution in [2.24, 2.45) is 0 Å². The summed E-state index contributed by atoms with van der Waals surface area (Å²) in [6.45, 7) is 12.9. The average molecular weight is 878 g/mol. The molecule has 2 heterocycles. The molecule has 0 saturated carbocycles. The fraction of sp³-hybridized carbons (Fsp3) is 0.238. The largest absolute Gasteiger partial charge is 0.454 e. The first-order valence-electron chi connectivity index (χ1n) is 17.8. The number of halogens is 3. The molecule has 6 aromatic rings. The predicted octanol–water partition coefficient (Wildman–Crippen LogP) is 10.4. The Labute approximate surface area is 342 Å². The summed E-state index contributed by atoms with van der Waals surface area (Å²) in [7, 11) is -4.56. The van der Waals surface area contributed by atoms with Gasteiger partial charge in [-0.25, -0.2) is 35.4 Å². The zero-order valence-corrected chi connectivity index (χ0v) is 35.2. The number of ether oxygens (including phenoxy) is 3. The number of anilines is 1. The van der Waals surface area contributed by atoms with Gasteiger partial charge in [-0.05, 0) is 138 Å². The molecule has 0 atom stereocenters. The van der Waals surface area contributed by atoms with Gasteiger partial charge in [-0.3, -0.25) is 4.79 Å². The first-order chi connectivity index (χ1) is 27.1. The molecule has 0 unspecified atom stereocenters. The van der Waals surface area contributed by atoms with Gasteiger partial charge in [-0.1, -0.05) is 29.8 Å². The predicted molar refractivity (Wildman–Crippen MR) is 217 cm³/mol. The van der Waals surface area contributed by atoms with E-state index in [1.54, 1.807) is 79.7 Å². The van der Waals surface area contributed by atoms with Gasteiger partial charge >= 0.3 is 12.2 Å². The van der Waals surface area contributed by atoms with Crippen molar-refractivity contribution in [2.45, 2.75) is 71.5 Å². The third-order valence-corrected chi connectivity index (χ3v) is 10.8. The monoisotopic (exact) mass is 876 g/mol. The third kappa shape index (κ3) is 8.53. The Bertz CT molecular complexity index is 2690. The highest BCUT2D eigenvalue weighted by Gasteiger charge is 2.40. The van der Waals surface area contributed by atoms with Crippen LogP contribution in [0.25, 0.3) is 16.6 Å². The first kappa shape index (κ1) is 41.8. The van der Waals surface area contributed by atoms with Gasteiger partial charge in [0.15, 0.2) is 17.4 Å². The number of aryl methyl sites for hydroxylation is 2. The number of ketones is 1. The second-order valence-electron chi connectivity index (χ2n) is 15.3. The molecule has 0 spiro atoms. The fourth-order valence-electron chi connectivity index (χ4n) is 5.89. The van der Waals surface area contributed by atoms with Crippen LogP contribution in [0.1, 0.15) is 68.7 Å². The van der Waals surface area contributed by atoms with Crippen LogP contribution < -0.4 is 9.64 Å². The molecule has 12 nitrogen and oxygen atoms in total. The summed E-state index contributed by atoms with van der Waals surface area (Å²) in [5, 5.41) is 4.51. The average Bonchev–Trinajstić information content (AvgIpc) is 3.70. The van der Waals surface area contributed by atoms with Crippen LogP contribution >= 0.6 is 15.9 Å². The Balaban J connectivity index is 1.62. The minimum atomic E-state index is -4.56. The van der Waals surface area contributed by atoms with Crippen LogP contribution in [0, 0.1) is 25.5 Å². The number of hydrogen-bond donors (Lipinski definition) is 0. The van der Waals surface area contributed by atoms with Crippen LogP contribution in [0.4, 0.5) is 24.2 Å². The quantitative estimate of drug-likeness (QED) is 0.137. The van der Waals surface area contributed by atoms with E-state index in [0.717, 1.165) is 26.5 Å². The van der Waals surface area contributed by atoms with E-state index in [9.17, 15) is 26.8 Å². The lowest BCUT2D eigenvalue weighted by molar-refractivity contribution is 0.0427. The number of aromatic nitrogens is 3. The molecule has 0 saturated heterocycles. The summed E-state index contributed by atoms with van der Waals surface area (Å²) in [6, 6.07) is 19.8. The van der Waals surface area contributed by atoms with E-state index in [1.165, 1.54) is 54.6 Å². The summed E-state index contributed by atoms with van der Waals surface area (Å²) >= 11 is 3.13. The number of amides is 2. The number of carbonyl (C=O) groups is 3. The van der Waals surface area contributed by atoms with Gasteiger partial charge in [0.2, 0.25) is 5.78 Å². The number of rotatable bonds is 8. The van der Waals surface area contributed by atoms with Gasteiger partial charge < -0.3 is 14.2 Å². The van der Waals surface area contributed by atoms with Crippen molar-refractivity contribution in [3.05, 3.63) is 130 Å². The molecular formula is C42H39BrF2N4O8S. The zero-order valence-electron chi connectivity index (χ0n) is 32.8. The number of fused-ring (bicyclic) bond motifs is 1. The summed E-state index contributed by atoms with van der Waals surface area (Å²) < 4.78 is 77.3. The highest BCUT2D eigenvalue weighted by Crippen LogP contribution is 2.36. The van der Waals surface area contributed by atoms with Crippen LogP contribution in [-0.2, 0) is 19.5 Å². The number of hydrogen-bond acceptors (Lipinski definition) is 9. The summed E-state index contributed by atoms with van der Waals surface area (Å²) in [4.78, 5) is 43.7. The maximum atomic E-state index is 15.1. The van der Waals surface area contributed by atoms with Crippen molar-refractivity contribution in [1.29, 1.82) is 0 Å². The van der Waals surface area contributed by atoms with Crippen molar-refractivity contribution < 1.29 is 45.8 Å². The highest BCUT2D eigenvalue weighted by molar-refractivity contribution is 9.10. The van der Waals surface area contributed by atoms with E-state index in [2.05, 4.69) is 21.0 Å². The summed E-state index contributed by atoms with van der Waals surface area (Å²) in [6.07, 6.45) is -1.42. The molecule has 16 heteroatoms. The molecular weight excluding hydrogens is 838 g/mol. The molecule has 6 rings (SSSR count). The Hall–Kier alpha value is -5.87. The van der Waals surface area contributed by atoms with Gasteiger partial charge in [0.1, 0.15) is 28.5 Å². The van der Waals surface area contributed by atoms with Gasteiger partial charge in [0.05, 0.1) is 32.3 Å². The Morgan fingerprint density at radius 2 is 1.41 bits per heavy atom. The molecule has 0 fully saturated rings. The molecule has 0 aliphatic heterocycles. The molecule has 2 aromatic heterocycles. The Morgan fingerprint density at radius 3 is 2.00 bits per heavy atom. The topological polar surface area (TPSA) is 139 Å². The van der Waals surface area contributed by atoms with Gasteiger partial charge in [-0.2, -0.15) is 10.00 Å². The molecule has 302 valence electrons. The SMILES string of the molecule is Cc1ccc(S(=O)(=O)n2c(C(=O)c3cnn(-c4ccc(Oc5ccccc5F)cc4C)c3N(C(=O)OC(C)(C)C)C(=O)OC(C)(C)C)cc3cc(F)c(Br)cc32)cc1. The van der Waals surface area contributed by atoms with Gasteiger partial charge in [0.25, 0.3) is 10.0 Å². The number of para-hydroxylation sites is 1. The normalized spacial score (nSPS) is 12.1. The molecule has 0 aliphatic rings. The van der Waals surface area contributed by atoms with E-state index < -0.39 is 67.9 Å². The second-order valence-corrected chi connectivity index (χ2v) is 18.0. The minimum absolute atomic E-state index is 0.0359. The maximum absolute atomic E-state index is 15.1. The number of nitrogens with zero attached hydrogens (tertiary/aromatic N) is 4. The standard InChI is InChI=1S/C42H39BrF2N4O8S/c1-24-13-16-28(17-14-24)58(53,54)49-34-22-30(43)32(45)20-26(34)21-35(49)37(50)29-23-46-48(33-18-15-27(19-25(33)2)55-36-12-10-9-11-31(36)44)38(29)47(39(51)56-41(3,4)5)40(52)57-42(6,7)8/h9-23H,1-8H3. The summed E-state index contributed by atoms with van der Waals surface area (Å²) in [5.74, 6) is -2.59. The lowest BCUT2D eigenvalue weighted by Gasteiger charge is -2.29. The number of imide groups is 1.